The lowest BCUT2D eigenvalue weighted by Crippen LogP contribution is -2.21. The van der Waals surface area contributed by atoms with Gasteiger partial charge in [0.25, 0.3) is 5.89 Å². The molecule has 0 bridgehead atoms. The molecule has 2 N–H and O–H groups in total. The summed E-state index contributed by atoms with van der Waals surface area (Å²) in [6.07, 6.45) is -4.58. The van der Waals surface area contributed by atoms with Gasteiger partial charge in [-0.15, -0.1) is 0 Å². The first-order valence-corrected chi connectivity index (χ1v) is 10.4. The number of nitrogens with zero attached hydrogens (tertiary/aromatic N) is 2. The van der Waals surface area contributed by atoms with Gasteiger partial charge in [-0.3, -0.25) is 4.79 Å². The first-order chi connectivity index (χ1) is 16.2. The highest BCUT2D eigenvalue weighted by atomic mass is 19.4. The van der Waals surface area contributed by atoms with E-state index in [0.717, 1.165) is 17.2 Å². The molecule has 4 rings (SSSR count). The van der Waals surface area contributed by atoms with Crippen molar-refractivity contribution in [3.8, 4) is 34.0 Å². The predicted octanol–water partition coefficient (Wildman–Crippen LogP) is 5.57. The minimum absolute atomic E-state index is 0.0359. The summed E-state index contributed by atoms with van der Waals surface area (Å²) in [5, 5.41) is 15.4. The van der Waals surface area contributed by atoms with Gasteiger partial charge in [-0.1, -0.05) is 53.7 Å². The predicted molar refractivity (Wildman–Crippen MR) is 120 cm³/mol. The Kier molecular flexibility index (Phi) is 6.47. The molecule has 0 fully saturated rings. The highest BCUT2D eigenvalue weighted by Crippen LogP contribution is 2.40. The summed E-state index contributed by atoms with van der Waals surface area (Å²) in [4.78, 5) is 14.9. The van der Waals surface area contributed by atoms with E-state index in [-0.39, 0.29) is 29.4 Å². The third kappa shape index (κ3) is 5.15. The second kappa shape index (κ2) is 9.48. The van der Waals surface area contributed by atoms with Crippen LogP contribution in [0.4, 0.5) is 13.2 Å². The van der Waals surface area contributed by atoms with E-state index in [1.54, 1.807) is 55.5 Å². The van der Waals surface area contributed by atoms with E-state index in [2.05, 4.69) is 15.5 Å². The molecule has 3 aromatic carbocycles. The molecule has 4 aromatic rings. The van der Waals surface area contributed by atoms with Crippen LogP contribution in [0.15, 0.2) is 71.3 Å². The molecule has 0 radical (unpaired) electrons. The molecule has 6 nitrogen and oxygen atoms in total. The van der Waals surface area contributed by atoms with Gasteiger partial charge in [-0.05, 0) is 47.4 Å². The van der Waals surface area contributed by atoms with Gasteiger partial charge in [0.1, 0.15) is 0 Å². The monoisotopic (exact) mass is 467 g/mol. The lowest BCUT2D eigenvalue weighted by atomic mass is 9.94. The Morgan fingerprint density at radius 2 is 1.79 bits per heavy atom. The second-order valence-corrected chi connectivity index (χ2v) is 7.69. The number of carboxylic acid groups (broad SMARTS) is 1. The van der Waals surface area contributed by atoms with Gasteiger partial charge >= 0.3 is 12.1 Å². The molecule has 0 saturated carbocycles. The molecule has 1 aromatic heterocycles. The summed E-state index contributed by atoms with van der Waals surface area (Å²) in [7, 11) is 0. The molecule has 0 unspecified atom stereocenters. The summed E-state index contributed by atoms with van der Waals surface area (Å²) in [5.41, 5.74) is 2.08. The Balaban J connectivity index is 1.65. The highest BCUT2D eigenvalue weighted by Gasteiger charge is 2.34. The van der Waals surface area contributed by atoms with Crippen LogP contribution in [0.1, 0.15) is 16.7 Å². The summed E-state index contributed by atoms with van der Waals surface area (Å²) in [5.74, 6) is -0.788. The Bertz CT molecular complexity index is 1330. The lowest BCUT2D eigenvalue weighted by Gasteiger charge is -2.15. The van der Waals surface area contributed by atoms with E-state index < -0.39 is 17.7 Å². The minimum atomic E-state index is -4.58. The second-order valence-electron chi connectivity index (χ2n) is 7.69. The molecule has 0 aliphatic heterocycles. The normalized spacial score (nSPS) is 11.5. The van der Waals surface area contributed by atoms with E-state index in [0.29, 0.717) is 17.7 Å². The number of rotatable bonds is 7. The van der Waals surface area contributed by atoms with Crippen LogP contribution < -0.4 is 5.32 Å². The lowest BCUT2D eigenvalue weighted by molar-refractivity contribution is -0.137. The van der Waals surface area contributed by atoms with Crippen molar-refractivity contribution in [2.24, 2.45) is 0 Å². The number of halogens is 3. The maximum atomic E-state index is 13.9. The number of carbonyl (C=O) groups is 1. The van der Waals surface area contributed by atoms with Crippen molar-refractivity contribution in [2.75, 3.05) is 6.54 Å². The van der Waals surface area contributed by atoms with Crippen molar-refractivity contribution in [1.29, 1.82) is 0 Å². The first-order valence-electron chi connectivity index (χ1n) is 10.4. The first kappa shape index (κ1) is 23.2. The van der Waals surface area contributed by atoms with Gasteiger partial charge in [0.15, 0.2) is 0 Å². The maximum absolute atomic E-state index is 13.9. The molecule has 0 atom stereocenters. The molecular weight excluding hydrogens is 447 g/mol. The van der Waals surface area contributed by atoms with E-state index in [1.165, 1.54) is 12.1 Å². The fourth-order valence-corrected chi connectivity index (χ4v) is 3.61. The number of hydrogen-bond acceptors (Lipinski definition) is 5. The SMILES string of the molecule is Cc1ccccc1-c1ccc(-c2nc(-c3cccc(CNCC(=O)O)c3)no2)cc1C(F)(F)F. The highest BCUT2D eigenvalue weighted by molar-refractivity contribution is 5.74. The topological polar surface area (TPSA) is 88.2 Å². The Labute approximate surface area is 193 Å². The molecule has 0 amide bonds. The minimum Gasteiger partial charge on any atom is -0.480 e. The number of aryl methyl sites for hydroxylation is 1. The third-order valence-corrected chi connectivity index (χ3v) is 5.22. The summed E-state index contributed by atoms with van der Waals surface area (Å²) in [6, 6.07) is 17.9. The van der Waals surface area contributed by atoms with Crippen molar-refractivity contribution in [2.45, 2.75) is 19.6 Å². The molecule has 1 heterocycles. The zero-order valence-corrected chi connectivity index (χ0v) is 18.1. The Morgan fingerprint density at radius 1 is 1.00 bits per heavy atom. The van der Waals surface area contributed by atoms with Crippen LogP contribution >= 0.6 is 0 Å². The summed E-state index contributed by atoms with van der Waals surface area (Å²) < 4.78 is 47.0. The van der Waals surface area contributed by atoms with Crippen LogP contribution in [-0.4, -0.2) is 27.8 Å². The number of aromatic nitrogens is 2. The average molecular weight is 467 g/mol. The van der Waals surface area contributed by atoms with Gasteiger partial charge < -0.3 is 14.9 Å². The fourth-order valence-electron chi connectivity index (χ4n) is 3.61. The standard InChI is InChI=1S/C25H20F3N3O3/c1-15-5-2-3-8-19(15)20-10-9-18(12-21(20)25(26,27)28)24-30-23(31-34-24)17-7-4-6-16(11-17)13-29-14-22(32)33/h2-12,29H,13-14H2,1H3,(H,32,33). The van der Waals surface area contributed by atoms with E-state index in [4.69, 9.17) is 9.63 Å². The molecule has 0 aliphatic carbocycles. The number of hydrogen-bond donors (Lipinski definition) is 2. The van der Waals surface area contributed by atoms with Gasteiger partial charge in [0.05, 0.1) is 12.1 Å². The Morgan fingerprint density at radius 3 is 2.53 bits per heavy atom. The molecule has 0 aliphatic rings. The quantitative estimate of drug-likeness (QED) is 0.369. The van der Waals surface area contributed by atoms with Crippen molar-refractivity contribution in [3.05, 3.63) is 83.4 Å². The molecule has 174 valence electrons. The third-order valence-electron chi connectivity index (χ3n) is 5.22. The van der Waals surface area contributed by atoms with Crippen LogP contribution in [0.25, 0.3) is 34.0 Å². The van der Waals surface area contributed by atoms with Crippen LogP contribution in [0.3, 0.4) is 0 Å². The van der Waals surface area contributed by atoms with Crippen LogP contribution in [0.5, 0.6) is 0 Å². The van der Waals surface area contributed by atoms with E-state index in [9.17, 15) is 18.0 Å². The number of benzene rings is 3. The zero-order valence-electron chi connectivity index (χ0n) is 18.1. The van der Waals surface area contributed by atoms with Gasteiger partial charge in [0.2, 0.25) is 5.82 Å². The number of carboxylic acids is 1. The maximum Gasteiger partial charge on any atom is 0.417 e. The van der Waals surface area contributed by atoms with Crippen LogP contribution in [0, 0.1) is 6.92 Å². The number of aliphatic carboxylic acids is 1. The molecular formula is C25H20F3N3O3. The van der Waals surface area contributed by atoms with E-state index >= 15 is 0 Å². The van der Waals surface area contributed by atoms with Crippen molar-refractivity contribution < 1.29 is 27.6 Å². The number of nitrogens with one attached hydrogen (secondary N) is 1. The Hall–Kier alpha value is -3.98. The number of alkyl halides is 3. The molecule has 0 spiro atoms. The zero-order chi connectivity index (χ0) is 24.3. The molecule has 0 saturated heterocycles. The van der Waals surface area contributed by atoms with Crippen LogP contribution in [0.2, 0.25) is 0 Å². The van der Waals surface area contributed by atoms with Gasteiger partial charge in [-0.2, -0.15) is 18.2 Å². The average Bonchev–Trinajstić information content (AvgIpc) is 3.29. The van der Waals surface area contributed by atoms with Gasteiger partial charge in [0, 0.05) is 17.7 Å². The van der Waals surface area contributed by atoms with Crippen molar-refractivity contribution in [1.82, 2.24) is 15.5 Å². The van der Waals surface area contributed by atoms with Crippen LogP contribution in [-0.2, 0) is 17.5 Å². The van der Waals surface area contributed by atoms with Gasteiger partial charge in [-0.25, -0.2) is 0 Å². The largest absolute Gasteiger partial charge is 0.480 e. The van der Waals surface area contributed by atoms with Crippen molar-refractivity contribution in [3.63, 3.8) is 0 Å². The fraction of sp³-hybridized carbons (Fsp3) is 0.160. The summed E-state index contributed by atoms with van der Waals surface area (Å²) in [6.45, 7) is 1.90. The smallest absolute Gasteiger partial charge is 0.417 e. The van der Waals surface area contributed by atoms with E-state index in [1.807, 2.05) is 0 Å². The molecule has 9 heteroatoms. The van der Waals surface area contributed by atoms with Crippen molar-refractivity contribution >= 4 is 5.97 Å². The molecule has 34 heavy (non-hydrogen) atoms. The summed E-state index contributed by atoms with van der Waals surface area (Å²) >= 11 is 0.